The first-order valence-electron chi connectivity index (χ1n) is 6.76. The van der Waals surface area contributed by atoms with Crippen molar-refractivity contribution < 1.29 is 28.0 Å². The largest absolute Gasteiger partial charge is 0.485 e. The summed E-state index contributed by atoms with van der Waals surface area (Å²) in [7, 11) is 0. The number of amides is 1. The van der Waals surface area contributed by atoms with Crippen LogP contribution in [0.5, 0.6) is 5.75 Å². The quantitative estimate of drug-likeness (QED) is 0.660. The van der Waals surface area contributed by atoms with Gasteiger partial charge in [-0.25, -0.2) is 9.18 Å². The average molecular weight is 332 g/mol. The van der Waals surface area contributed by atoms with Gasteiger partial charge in [-0.1, -0.05) is 0 Å². The van der Waals surface area contributed by atoms with Crippen LogP contribution >= 0.6 is 0 Å². The fraction of sp³-hybridized carbons (Fsp3) is 0.500. The van der Waals surface area contributed by atoms with Crippen LogP contribution in [0.1, 0.15) is 27.7 Å². The number of nitrogens with zero attached hydrogens (tertiary/aromatic N) is 1. The number of nitrogens with one attached hydrogen (secondary N) is 1. The van der Waals surface area contributed by atoms with Gasteiger partial charge >= 0.3 is 11.8 Å². The van der Waals surface area contributed by atoms with E-state index >= 15 is 0 Å². The Kier molecular flexibility index (Phi) is 5.83. The van der Waals surface area contributed by atoms with Gasteiger partial charge in [0.05, 0.1) is 11.0 Å². The molecular weight excluding hydrogens is 314 g/mol. The number of carbonyl (C=O) groups excluding carboxylic acids is 1. The molecule has 1 aromatic carbocycles. The minimum Gasteiger partial charge on any atom is -0.485 e. The molecule has 0 saturated carbocycles. The Morgan fingerprint density at radius 2 is 2.00 bits per heavy atom. The molecule has 1 atom stereocenters. The topological polar surface area (TPSA) is 90.7 Å². The van der Waals surface area contributed by atoms with Crippen molar-refractivity contribution in [2.75, 3.05) is 6.61 Å². The molecule has 0 spiro atoms. The van der Waals surface area contributed by atoms with E-state index in [2.05, 4.69) is 5.32 Å². The van der Waals surface area contributed by atoms with Crippen molar-refractivity contribution in [1.29, 1.82) is 0 Å². The van der Waals surface area contributed by atoms with Gasteiger partial charge < -0.3 is 14.8 Å². The van der Waals surface area contributed by atoms with E-state index in [1.807, 2.05) is 0 Å². The maximum absolute atomic E-state index is 13.8. The number of ether oxygens (including phenoxy) is 2. The highest BCUT2D eigenvalue weighted by Crippen LogP contribution is 2.29. The van der Waals surface area contributed by atoms with E-state index in [9.17, 15) is 23.7 Å². The minimum absolute atomic E-state index is 0.297. The lowest BCUT2D eigenvalue weighted by atomic mass is 10.2. The summed E-state index contributed by atoms with van der Waals surface area (Å²) in [5.74, 6) is -3.34. The van der Waals surface area contributed by atoms with Crippen LogP contribution in [-0.4, -0.2) is 29.3 Å². The fourth-order valence-electron chi connectivity index (χ4n) is 1.55. The molecule has 0 aromatic heterocycles. The molecule has 0 aliphatic rings. The van der Waals surface area contributed by atoms with Gasteiger partial charge in [-0.2, -0.15) is 4.39 Å². The molecule has 1 N–H and O–H groups in total. The Hall–Kier alpha value is -2.45. The number of halogens is 2. The van der Waals surface area contributed by atoms with Crippen LogP contribution < -0.4 is 10.1 Å². The van der Waals surface area contributed by atoms with Crippen LogP contribution in [0.25, 0.3) is 0 Å². The average Bonchev–Trinajstić information content (AvgIpc) is 2.35. The summed E-state index contributed by atoms with van der Waals surface area (Å²) in [6, 6.07) is 0.811. The van der Waals surface area contributed by atoms with Gasteiger partial charge in [-0.15, -0.1) is 0 Å². The third kappa shape index (κ3) is 5.68. The van der Waals surface area contributed by atoms with Crippen molar-refractivity contribution in [1.82, 2.24) is 5.32 Å². The van der Waals surface area contributed by atoms with E-state index in [-0.39, 0.29) is 6.61 Å². The first-order chi connectivity index (χ1) is 10.5. The SMILES string of the molecule is C[C@H](COc1c(F)ccc([N+](=O)[O-])c1F)NC(=O)OC(C)(C)C. The predicted molar refractivity (Wildman–Crippen MR) is 77.3 cm³/mol. The molecule has 7 nitrogen and oxygen atoms in total. The molecule has 0 bridgehead atoms. The lowest BCUT2D eigenvalue weighted by Crippen LogP contribution is -2.40. The highest BCUT2D eigenvalue weighted by atomic mass is 19.1. The molecule has 1 aromatic rings. The van der Waals surface area contributed by atoms with E-state index < -0.39 is 45.7 Å². The van der Waals surface area contributed by atoms with E-state index in [1.165, 1.54) is 6.92 Å². The Labute approximate surface area is 131 Å². The number of hydrogen-bond donors (Lipinski definition) is 1. The van der Waals surface area contributed by atoms with Crippen molar-refractivity contribution in [2.24, 2.45) is 0 Å². The predicted octanol–water partition coefficient (Wildman–Crippen LogP) is 3.17. The standard InChI is InChI=1S/C14H18F2N2O5/c1-8(17-13(19)23-14(2,3)4)7-22-12-9(15)5-6-10(11(12)16)18(20)21/h5-6,8H,7H2,1-4H3,(H,17,19)/t8-/m1/s1. The summed E-state index contributed by atoms with van der Waals surface area (Å²) >= 11 is 0. The van der Waals surface area contributed by atoms with Crippen LogP contribution in [0.4, 0.5) is 19.3 Å². The molecule has 0 saturated heterocycles. The zero-order valence-electron chi connectivity index (χ0n) is 13.2. The maximum atomic E-state index is 13.8. The Morgan fingerprint density at radius 3 is 2.52 bits per heavy atom. The molecule has 0 radical (unpaired) electrons. The van der Waals surface area contributed by atoms with Crippen molar-refractivity contribution in [3.05, 3.63) is 33.9 Å². The summed E-state index contributed by atoms with van der Waals surface area (Å²) < 4.78 is 37.3. The zero-order valence-corrected chi connectivity index (χ0v) is 13.2. The Morgan fingerprint density at radius 1 is 1.39 bits per heavy atom. The third-order valence-electron chi connectivity index (χ3n) is 2.47. The Balaban J connectivity index is 2.70. The number of rotatable bonds is 5. The molecule has 0 heterocycles. The maximum Gasteiger partial charge on any atom is 0.407 e. The van der Waals surface area contributed by atoms with Gasteiger partial charge in [0.25, 0.3) is 0 Å². The summed E-state index contributed by atoms with van der Waals surface area (Å²) in [6.45, 7) is 6.27. The van der Waals surface area contributed by atoms with Gasteiger partial charge in [-0.05, 0) is 33.8 Å². The van der Waals surface area contributed by atoms with E-state index in [0.717, 1.165) is 6.07 Å². The minimum atomic E-state index is -1.40. The van der Waals surface area contributed by atoms with Crippen LogP contribution in [0.15, 0.2) is 12.1 Å². The molecule has 1 amide bonds. The summed E-state index contributed by atoms with van der Waals surface area (Å²) in [5.41, 5.74) is -1.59. The first kappa shape index (κ1) is 18.6. The number of benzene rings is 1. The molecule has 0 aliphatic heterocycles. The van der Waals surface area contributed by atoms with Crippen molar-refractivity contribution in [2.45, 2.75) is 39.3 Å². The second kappa shape index (κ2) is 7.21. The second-order valence-corrected chi connectivity index (χ2v) is 5.83. The van der Waals surface area contributed by atoms with Gasteiger partial charge in [0, 0.05) is 6.07 Å². The summed E-state index contributed by atoms with van der Waals surface area (Å²) in [4.78, 5) is 21.2. The number of carbonyl (C=O) groups is 1. The molecule has 0 fully saturated rings. The summed E-state index contributed by atoms with van der Waals surface area (Å²) in [5, 5.41) is 13.0. The molecule has 1 rings (SSSR count). The van der Waals surface area contributed by atoms with E-state index in [0.29, 0.717) is 6.07 Å². The van der Waals surface area contributed by atoms with Crippen LogP contribution in [0, 0.1) is 21.7 Å². The van der Waals surface area contributed by atoms with Crippen LogP contribution in [-0.2, 0) is 4.74 Å². The van der Waals surface area contributed by atoms with Crippen molar-refractivity contribution >= 4 is 11.8 Å². The fourth-order valence-corrected chi connectivity index (χ4v) is 1.55. The first-order valence-corrected chi connectivity index (χ1v) is 6.76. The van der Waals surface area contributed by atoms with E-state index in [1.54, 1.807) is 20.8 Å². The van der Waals surface area contributed by atoms with Gasteiger partial charge in [0.15, 0.2) is 11.6 Å². The van der Waals surface area contributed by atoms with E-state index in [4.69, 9.17) is 9.47 Å². The van der Waals surface area contributed by atoms with Gasteiger partial charge in [-0.3, -0.25) is 10.1 Å². The summed E-state index contributed by atoms with van der Waals surface area (Å²) in [6.07, 6.45) is -0.714. The van der Waals surface area contributed by atoms with Crippen molar-refractivity contribution in [3.8, 4) is 5.75 Å². The number of alkyl carbamates (subject to hydrolysis) is 1. The lowest BCUT2D eigenvalue weighted by Gasteiger charge is -2.22. The molecule has 0 aliphatic carbocycles. The van der Waals surface area contributed by atoms with Crippen LogP contribution in [0.2, 0.25) is 0 Å². The molecule has 128 valence electrons. The smallest absolute Gasteiger partial charge is 0.407 e. The second-order valence-electron chi connectivity index (χ2n) is 5.83. The molecule has 0 unspecified atom stereocenters. The molecule has 23 heavy (non-hydrogen) atoms. The Bertz CT molecular complexity index is 602. The highest BCUT2D eigenvalue weighted by Gasteiger charge is 2.24. The van der Waals surface area contributed by atoms with Crippen LogP contribution in [0.3, 0.4) is 0 Å². The molecule has 9 heteroatoms. The van der Waals surface area contributed by atoms with Gasteiger partial charge in [0.2, 0.25) is 5.82 Å². The lowest BCUT2D eigenvalue weighted by molar-refractivity contribution is -0.387. The monoisotopic (exact) mass is 332 g/mol. The molecular formula is C14H18F2N2O5. The van der Waals surface area contributed by atoms with Gasteiger partial charge in [0.1, 0.15) is 12.2 Å². The zero-order chi connectivity index (χ0) is 17.8. The number of hydrogen-bond acceptors (Lipinski definition) is 5. The normalized spacial score (nSPS) is 12.4. The number of nitro benzene ring substituents is 1. The van der Waals surface area contributed by atoms with Crippen molar-refractivity contribution in [3.63, 3.8) is 0 Å². The highest BCUT2D eigenvalue weighted by molar-refractivity contribution is 5.68. The third-order valence-corrected chi connectivity index (χ3v) is 2.47. The number of nitro groups is 1.